The standard InChI is InChI=1S/C21H23N3O3/c1-14-7-12-19(27-14)20-18(13-24(23-20)16-5-3-2-4-6-16)21(26)22-15-8-10-17(25)11-9-15/h2-7,12-13,15,17,25H,8-11H2,1H3,(H,22,26). The van der Waals surface area contributed by atoms with Crippen molar-refractivity contribution in [2.75, 3.05) is 0 Å². The summed E-state index contributed by atoms with van der Waals surface area (Å²) in [5, 5.41) is 17.4. The lowest BCUT2D eigenvalue weighted by molar-refractivity contribution is 0.0868. The first-order valence-electron chi connectivity index (χ1n) is 9.31. The number of aryl methyl sites for hydroxylation is 1. The predicted octanol–water partition coefficient (Wildman–Crippen LogP) is 3.47. The van der Waals surface area contributed by atoms with Crippen molar-refractivity contribution >= 4 is 5.91 Å². The molecule has 2 N–H and O–H groups in total. The molecule has 0 radical (unpaired) electrons. The summed E-state index contributed by atoms with van der Waals surface area (Å²) in [6.07, 6.45) is 4.51. The predicted molar refractivity (Wildman–Crippen MR) is 102 cm³/mol. The maximum absolute atomic E-state index is 13.0. The summed E-state index contributed by atoms with van der Waals surface area (Å²) >= 11 is 0. The fourth-order valence-corrected chi connectivity index (χ4v) is 3.48. The largest absolute Gasteiger partial charge is 0.460 e. The van der Waals surface area contributed by atoms with Gasteiger partial charge in [-0.1, -0.05) is 18.2 Å². The lowest BCUT2D eigenvalue weighted by Gasteiger charge is -2.26. The summed E-state index contributed by atoms with van der Waals surface area (Å²) < 4.78 is 7.43. The lowest BCUT2D eigenvalue weighted by atomic mass is 9.93. The van der Waals surface area contributed by atoms with Crippen LogP contribution in [0.1, 0.15) is 41.8 Å². The monoisotopic (exact) mass is 365 g/mol. The highest BCUT2D eigenvalue weighted by Gasteiger charge is 2.25. The van der Waals surface area contributed by atoms with Gasteiger partial charge in [0, 0.05) is 12.2 Å². The zero-order valence-electron chi connectivity index (χ0n) is 15.3. The second-order valence-electron chi connectivity index (χ2n) is 7.06. The summed E-state index contributed by atoms with van der Waals surface area (Å²) in [5.74, 6) is 1.18. The number of aliphatic hydroxyl groups excluding tert-OH is 1. The van der Waals surface area contributed by atoms with Gasteiger partial charge in [0.1, 0.15) is 11.5 Å². The summed E-state index contributed by atoms with van der Waals surface area (Å²) in [5.41, 5.74) is 1.89. The molecule has 6 nitrogen and oxygen atoms in total. The fourth-order valence-electron chi connectivity index (χ4n) is 3.48. The zero-order chi connectivity index (χ0) is 18.8. The average molecular weight is 365 g/mol. The number of carbonyl (C=O) groups excluding carboxylic acids is 1. The summed E-state index contributed by atoms with van der Waals surface area (Å²) in [4.78, 5) is 13.0. The zero-order valence-corrected chi connectivity index (χ0v) is 15.3. The minimum absolute atomic E-state index is 0.0761. The van der Waals surface area contributed by atoms with Gasteiger partial charge in [-0.05, 0) is 56.9 Å². The van der Waals surface area contributed by atoms with Crippen molar-refractivity contribution in [3.05, 3.63) is 60.0 Å². The molecule has 140 valence electrons. The third kappa shape index (κ3) is 3.80. The number of hydrogen-bond acceptors (Lipinski definition) is 4. The Bertz CT molecular complexity index is 921. The van der Waals surface area contributed by atoms with E-state index < -0.39 is 0 Å². The van der Waals surface area contributed by atoms with Crippen LogP contribution in [0.2, 0.25) is 0 Å². The van der Waals surface area contributed by atoms with E-state index in [1.807, 2.05) is 49.4 Å². The first-order chi connectivity index (χ1) is 13.1. The van der Waals surface area contributed by atoms with Crippen molar-refractivity contribution in [1.29, 1.82) is 0 Å². The maximum Gasteiger partial charge on any atom is 0.255 e. The molecule has 1 saturated carbocycles. The van der Waals surface area contributed by atoms with Crippen molar-refractivity contribution in [3.8, 4) is 17.1 Å². The van der Waals surface area contributed by atoms with Gasteiger partial charge in [-0.25, -0.2) is 4.68 Å². The lowest BCUT2D eigenvalue weighted by Crippen LogP contribution is -2.38. The van der Waals surface area contributed by atoms with Crippen molar-refractivity contribution in [1.82, 2.24) is 15.1 Å². The van der Waals surface area contributed by atoms with Gasteiger partial charge in [-0.2, -0.15) is 5.10 Å². The van der Waals surface area contributed by atoms with Crippen LogP contribution in [-0.2, 0) is 0 Å². The molecule has 1 aromatic carbocycles. The summed E-state index contributed by atoms with van der Waals surface area (Å²) in [6, 6.07) is 13.5. The van der Waals surface area contributed by atoms with Crippen LogP contribution in [0.5, 0.6) is 0 Å². The number of carbonyl (C=O) groups is 1. The number of furan rings is 1. The van der Waals surface area contributed by atoms with Gasteiger partial charge >= 0.3 is 0 Å². The Labute approximate surface area is 157 Å². The molecule has 0 unspecified atom stereocenters. The highest BCUT2D eigenvalue weighted by Crippen LogP contribution is 2.26. The van der Waals surface area contributed by atoms with Gasteiger partial charge in [0.25, 0.3) is 5.91 Å². The highest BCUT2D eigenvalue weighted by atomic mass is 16.3. The summed E-state index contributed by atoms with van der Waals surface area (Å²) in [7, 11) is 0. The van der Waals surface area contributed by atoms with E-state index in [0.717, 1.165) is 37.1 Å². The number of amides is 1. The first-order valence-corrected chi connectivity index (χ1v) is 9.31. The van der Waals surface area contributed by atoms with E-state index in [0.29, 0.717) is 17.0 Å². The van der Waals surface area contributed by atoms with Gasteiger partial charge in [-0.15, -0.1) is 0 Å². The number of nitrogens with one attached hydrogen (secondary N) is 1. The van der Waals surface area contributed by atoms with Gasteiger partial charge < -0.3 is 14.8 Å². The van der Waals surface area contributed by atoms with E-state index in [2.05, 4.69) is 10.4 Å². The molecule has 0 saturated heterocycles. The second-order valence-corrected chi connectivity index (χ2v) is 7.06. The topological polar surface area (TPSA) is 80.3 Å². The fraction of sp³-hybridized carbons (Fsp3) is 0.333. The molecule has 2 heterocycles. The van der Waals surface area contributed by atoms with E-state index in [9.17, 15) is 9.90 Å². The molecule has 1 aliphatic rings. The van der Waals surface area contributed by atoms with Crippen LogP contribution >= 0.6 is 0 Å². The van der Waals surface area contributed by atoms with Crippen molar-refractivity contribution in [3.63, 3.8) is 0 Å². The number of aromatic nitrogens is 2. The molecule has 27 heavy (non-hydrogen) atoms. The Kier molecular flexibility index (Phi) is 4.81. The molecule has 4 rings (SSSR count). The van der Waals surface area contributed by atoms with E-state index in [-0.39, 0.29) is 18.1 Å². The van der Waals surface area contributed by atoms with E-state index >= 15 is 0 Å². The third-order valence-electron chi connectivity index (χ3n) is 4.99. The number of benzene rings is 1. The second kappa shape index (κ2) is 7.40. The molecule has 1 amide bonds. The Balaban J connectivity index is 1.65. The molecule has 0 aliphatic heterocycles. The minimum atomic E-state index is -0.249. The molecule has 1 aliphatic carbocycles. The molecular weight excluding hydrogens is 342 g/mol. The Hall–Kier alpha value is -2.86. The van der Waals surface area contributed by atoms with E-state index in [1.165, 1.54) is 0 Å². The Morgan fingerprint density at radius 1 is 1.15 bits per heavy atom. The van der Waals surface area contributed by atoms with Crippen LogP contribution < -0.4 is 5.32 Å². The Morgan fingerprint density at radius 3 is 2.56 bits per heavy atom. The van der Waals surface area contributed by atoms with Crippen molar-refractivity contribution in [2.45, 2.75) is 44.8 Å². The first kappa shape index (κ1) is 17.5. The number of nitrogens with zero attached hydrogens (tertiary/aromatic N) is 2. The quantitative estimate of drug-likeness (QED) is 0.742. The van der Waals surface area contributed by atoms with Gasteiger partial charge in [0.2, 0.25) is 0 Å². The molecule has 6 heteroatoms. The number of aliphatic hydroxyl groups is 1. The maximum atomic E-state index is 13.0. The Morgan fingerprint density at radius 2 is 1.89 bits per heavy atom. The molecular formula is C21H23N3O3. The smallest absolute Gasteiger partial charge is 0.255 e. The van der Waals surface area contributed by atoms with E-state index in [1.54, 1.807) is 10.9 Å². The average Bonchev–Trinajstić information content (AvgIpc) is 3.31. The number of hydrogen-bond donors (Lipinski definition) is 2. The van der Waals surface area contributed by atoms with Crippen LogP contribution in [0.4, 0.5) is 0 Å². The normalized spacial score (nSPS) is 19.8. The molecule has 0 bridgehead atoms. The minimum Gasteiger partial charge on any atom is -0.460 e. The van der Waals surface area contributed by atoms with Gasteiger partial charge in [0.15, 0.2) is 5.76 Å². The van der Waals surface area contributed by atoms with Gasteiger partial charge in [-0.3, -0.25) is 4.79 Å². The molecule has 3 aromatic rings. The SMILES string of the molecule is Cc1ccc(-c2nn(-c3ccccc3)cc2C(=O)NC2CCC(O)CC2)o1. The van der Waals surface area contributed by atoms with Gasteiger partial charge in [0.05, 0.1) is 17.4 Å². The van der Waals surface area contributed by atoms with Crippen LogP contribution in [0, 0.1) is 6.92 Å². The number of rotatable bonds is 4. The molecule has 2 aromatic heterocycles. The van der Waals surface area contributed by atoms with E-state index in [4.69, 9.17) is 4.42 Å². The number of para-hydroxylation sites is 1. The van der Waals surface area contributed by atoms with Crippen LogP contribution in [0.3, 0.4) is 0 Å². The van der Waals surface area contributed by atoms with Crippen molar-refractivity contribution < 1.29 is 14.3 Å². The van der Waals surface area contributed by atoms with Crippen LogP contribution in [0.15, 0.2) is 53.1 Å². The molecule has 0 spiro atoms. The van der Waals surface area contributed by atoms with Crippen molar-refractivity contribution in [2.24, 2.45) is 0 Å². The molecule has 0 atom stereocenters. The van der Waals surface area contributed by atoms with Crippen LogP contribution in [-0.4, -0.2) is 32.9 Å². The highest BCUT2D eigenvalue weighted by molar-refractivity contribution is 5.99. The van der Waals surface area contributed by atoms with Crippen LogP contribution in [0.25, 0.3) is 17.1 Å². The summed E-state index contributed by atoms with van der Waals surface area (Å²) in [6.45, 7) is 1.87. The molecule has 1 fully saturated rings. The third-order valence-corrected chi connectivity index (χ3v) is 4.99.